The van der Waals surface area contributed by atoms with Gasteiger partial charge in [-0.25, -0.2) is 22.6 Å². The molecule has 2 aromatic rings. The number of carbonyl (C=O) groups excluding carboxylic acids is 1. The van der Waals surface area contributed by atoms with Crippen LogP contribution >= 0.6 is 0 Å². The van der Waals surface area contributed by atoms with Crippen molar-refractivity contribution < 1.29 is 13.2 Å². The van der Waals surface area contributed by atoms with E-state index in [0.717, 1.165) is 30.7 Å². The molecule has 0 aliphatic heterocycles. The van der Waals surface area contributed by atoms with Crippen LogP contribution in [-0.4, -0.2) is 34.2 Å². The molecule has 1 N–H and O–H groups in total. The van der Waals surface area contributed by atoms with Crippen molar-refractivity contribution in [3.8, 4) is 0 Å². The molecule has 2 aromatic heterocycles. The van der Waals surface area contributed by atoms with Crippen LogP contribution in [0, 0.1) is 32.6 Å². The maximum absolute atomic E-state index is 12.8. The van der Waals surface area contributed by atoms with Crippen molar-refractivity contribution in [1.29, 1.82) is 0 Å². The number of hydrogen-bond donors (Lipinski definition) is 1. The summed E-state index contributed by atoms with van der Waals surface area (Å²) in [5, 5.41) is 3.89. The number of carbonyl (C=O) groups is 1. The minimum atomic E-state index is -3.69. The summed E-state index contributed by atoms with van der Waals surface area (Å²) < 4.78 is 29.3. The van der Waals surface area contributed by atoms with Crippen molar-refractivity contribution in [3.63, 3.8) is 0 Å². The molecule has 0 aromatic carbocycles. The molecule has 134 valence electrons. The van der Waals surface area contributed by atoms with Crippen LogP contribution in [0.5, 0.6) is 0 Å². The Labute approximate surface area is 146 Å². The van der Waals surface area contributed by atoms with E-state index in [1.807, 2.05) is 19.9 Å². The average molecular weight is 362 g/mol. The molecule has 2 bridgehead atoms. The van der Waals surface area contributed by atoms with E-state index in [-0.39, 0.29) is 11.5 Å². The molecule has 0 radical (unpaired) electrons. The molecule has 7 nitrogen and oxygen atoms in total. The summed E-state index contributed by atoms with van der Waals surface area (Å²) in [5.41, 5.74) is 2.71. The molecule has 8 heteroatoms. The first-order chi connectivity index (χ1) is 11.8. The highest BCUT2D eigenvalue weighted by molar-refractivity contribution is 7.90. The lowest BCUT2D eigenvalue weighted by atomic mass is 10.0. The van der Waals surface area contributed by atoms with Crippen LogP contribution in [0.2, 0.25) is 0 Å². The molecule has 2 fully saturated rings. The normalized spacial score (nSPS) is 25.6. The largest absolute Gasteiger partial charge is 0.270 e. The minimum Gasteiger partial charge on any atom is -0.268 e. The summed E-state index contributed by atoms with van der Waals surface area (Å²) in [6, 6.07) is 1.87. The zero-order chi connectivity index (χ0) is 17.9. The first kappa shape index (κ1) is 16.5. The number of sulfonamides is 1. The summed E-state index contributed by atoms with van der Waals surface area (Å²) in [5.74, 6) is 0.0445. The van der Waals surface area contributed by atoms with Gasteiger partial charge in [0.1, 0.15) is 5.56 Å². The second-order valence-corrected chi connectivity index (χ2v) is 9.32. The molecule has 0 spiro atoms. The lowest BCUT2D eigenvalue weighted by molar-refractivity contribution is 0.0981. The highest BCUT2D eigenvalue weighted by Gasteiger charge is 2.46. The molecule has 3 atom stereocenters. The summed E-state index contributed by atoms with van der Waals surface area (Å²) >= 11 is 0. The Hall–Kier alpha value is -1.96. The van der Waals surface area contributed by atoms with Gasteiger partial charge in [-0.3, -0.25) is 4.79 Å². The van der Waals surface area contributed by atoms with Gasteiger partial charge in [0, 0.05) is 11.4 Å². The predicted octanol–water partition coefficient (Wildman–Crippen LogP) is 1.90. The van der Waals surface area contributed by atoms with Crippen LogP contribution in [0.3, 0.4) is 0 Å². The first-order valence-electron chi connectivity index (χ1n) is 8.66. The third kappa shape index (κ3) is 2.63. The molecule has 25 heavy (non-hydrogen) atoms. The maximum Gasteiger partial charge on any atom is 0.270 e. The van der Waals surface area contributed by atoms with Crippen LogP contribution in [-0.2, 0) is 10.0 Å². The van der Waals surface area contributed by atoms with Crippen LogP contribution in [0.4, 0.5) is 0 Å². The lowest BCUT2D eigenvalue weighted by Gasteiger charge is -2.21. The van der Waals surface area contributed by atoms with Gasteiger partial charge in [-0.1, -0.05) is 6.42 Å². The topological polar surface area (TPSA) is 93.4 Å². The molecule has 0 saturated heterocycles. The molecular formula is C17H22N4O3S. The summed E-state index contributed by atoms with van der Waals surface area (Å²) in [4.78, 5) is 17.1. The Balaban J connectivity index is 1.68. The SMILES string of the molecule is Cc1cc(C)n2nc(C)c(C(=O)NS(=O)(=O)C3C[C@@H]4CC[C@H]3C4)c2n1. The van der Waals surface area contributed by atoms with Crippen molar-refractivity contribution in [1.82, 2.24) is 19.3 Å². The highest BCUT2D eigenvalue weighted by Crippen LogP contribution is 2.47. The van der Waals surface area contributed by atoms with E-state index in [4.69, 9.17) is 0 Å². The zero-order valence-corrected chi connectivity index (χ0v) is 15.4. The number of aryl methyl sites for hydroxylation is 3. The molecule has 2 aliphatic rings. The number of rotatable bonds is 3. The quantitative estimate of drug-likeness (QED) is 0.900. The second-order valence-electron chi connectivity index (χ2n) is 7.42. The van der Waals surface area contributed by atoms with Gasteiger partial charge in [0.15, 0.2) is 5.65 Å². The van der Waals surface area contributed by atoms with Gasteiger partial charge in [-0.2, -0.15) is 5.10 Å². The fourth-order valence-corrected chi connectivity index (χ4v) is 6.31. The molecule has 1 unspecified atom stereocenters. The Kier molecular flexibility index (Phi) is 3.64. The standard InChI is InChI=1S/C17H22N4O3S/c1-9-6-10(2)21-16(18-9)15(11(3)19-21)17(22)20-25(23,24)14-8-12-4-5-13(14)7-12/h6,12-14H,4-5,7-8H2,1-3H3,(H,20,22)/t12-,13+,14?/m1/s1. The van der Waals surface area contributed by atoms with Gasteiger partial charge < -0.3 is 0 Å². The lowest BCUT2D eigenvalue weighted by Crippen LogP contribution is -2.41. The summed E-state index contributed by atoms with van der Waals surface area (Å²) in [7, 11) is -3.69. The van der Waals surface area contributed by atoms with Gasteiger partial charge in [0.25, 0.3) is 5.91 Å². The number of amides is 1. The van der Waals surface area contributed by atoms with E-state index in [1.54, 1.807) is 11.4 Å². The van der Waals surface area contributed by atoms with Crippen molar-refractivity contribution in [2.45, 2.75) is 51.7 Å². The molecule has 2 heterocycles. The molecular weight excluding hydrogens is 340 g/mol. The van der Waals surface area contributed by atoms with Gasteiger partial charge in [-0.05, 0) is 57.9 Å². The van der Waals surface area contributed by atoms with Crippen LogP contribution in [0.15, 0.2) is 6.07 Å². The average Bonchev–Trinajstić information content (AvgIpc) is 3.20. The van der Waals surface area contributed by atoms with Crippen molar-refractivity contribution in [3.05, 3.63) is 28.7 Å². The molecule has 2 aliphatic carbocycles. The number of nitrogens with one attached hydrogen (secondary N) is 1. The number of hydrogen-bond acceptors (Lipinski definition) is 5. The van der Waals surface area contributed by atoms with Crippen molar-refractivity contribution >= 4 is 21.6 Å². The van der Waals surface area contributed by atoms with Gasteiger partial charge in [-0.15, -0.1) is 0 Å². The fourth-order valence-electron chi connectivity index (χ4n) is 4.52. The van der Waals surface area contributed by atoms with Crippen LogP contribution in [0.25, 0.3) is 5.65 Å². The second kappa shape index (κ2) is 5.52. The minimum absolute atomic E-state index is 0.183. The van der Waals surface area contributed by atoms with Crippen LogP contribution < -0.4 is 4.72 Å². The van der Waals surface area contributed by atoms with Crippen LogP contribution in [0.1, 0.15) is 53.1 Å². The number of nitrogens with zero attached hydrogens (tertiary/aromatic N) is 3. The van der Waals surface area contributed by atoms with E-state index in [2.05, 4.69) is 14.8 Å². The van der Waals surface area contributed by atoms with E-state index < -0.39 is 21.2 Å². The van der Waals surface area contributed by atoms with E-state index in [9.17, 15) is 13.2 Å². The first-order valence-corrected chi connectivity index (χ1v) is 10.2. The third-order valence-corrected chi connectivity index (χ3v) is 7.45. The summed E-state index contributed by atoms with van der Waals surface area (Å²) in [6.07, 6.45) is 3.69. The highest BCUT2D eigenvalue weighted by atomic mass is 32.2. The Bertz CT molecular complexity index is 979. The third-order valence-electron chi connectivity index (χ3n) is 5.60. The van der Waals surface area contributed by atoms with Gasteiger partial charge in [0.2, 0.25) is 10.0 Å². The van der Waals surface area contributed by atoms with Crippen molar-refractivity contribution in [2.24, 2.45) is 11.8 Å². The van der Waals surface area contributed by atoms with Gasteiger partial charge in [0.05, 0.1) is 10.9 Å². The molecule has 2 saturated carbocycles. The Morgan fingerprint density at radius 3 is 2.64 bits per heavy atom. The van der Waals surface area contributed by atoms with E-state index in [0.29, 0.717) is 23.7 Å². The zero-order valence-electron chi connectivity index (χ0n) is 14.6. The fraction of sp³-hybridized carbons (Fsp3) is 0.588. The monoisotopic (exact) mass is 362 g/mol. The molecule has 1 amide bonds. The summed E-state index contributed by atoms with van der Waals surface area (Å²) in [6.45, 7) is 5.41. The smallest absolute Gasteiger partial charge is 0.268 e. The Morgan fingerprint density at radius 2 is 2.00 bits per heavy atom. The predicted molar refractivity (Wildman–Crippen MR) is 92.8 cm³/mol. The molecule has 4 rings (SSSR count). The maximum atomic E-state index is 12.8. The Morgan fingerprint density at radius 1 is 1.24 bits per heavy atom. The number of fused-ring (bicyclic) bond motifs is 3. The van der Waals surface area contributed by atoms with E-state index >= 15 is 0 Å². The number of aromatic nitrogens is 3. The van der Waals surface area contributed by atoms with Crippen molar-refractivity contribution in [2.75, 3.05) is 0 Å². The van der Waals surface area contributed by atoms with Gasteiger partial charge >= 0.3 is 0 Å². The van der Waals surface area contributed by atoms with E-state index in [1.165, 1.54) is 0 Å².